The minimum atomic E-state index is -0.179. The molecule has 0 fully saturated rings. The van der Waals surface area contributed by atoms with E-state index < -0.39 is 0 Å². The van der Waals surface area contributed by atoms with Crippen LogP contribution in [0.3, 0.4) is 0 Å². The summed E-state index contributed by atoms with van der Waals surface area (Å²) in [6.07, 6.45) is 0. The fourth-order valence-electron chi connectivity index (χ4n) is 2.06. The first-order chi connectivity index (χ1) is 12.6. The number of aromatic nitrogens is 3. The SMILES string of the molecule is O=C(CSc1n[nH]c(CNc2ccccc2)n1)Nc1ccc(Cl)c(Cl)c1. The van der Waals surface area contributed by atoms with Crippen molar-refractivity contribution >= 4 is 52.2 Å². The number of carbonyl (C=O) groups is 1. The molecule has 0 atom stereocenters. The summed E-state index contributed by atoms with van der Waals surface area (Å²) in [5, 5.41) is 14.3. The molecule has 26 heavy (non-hydrogen) atoms. The molecule has 0 bridgehead atoms. The van der Waals surface area contributed by atoms with E-state index in [1.807, 2.05) is 30.3 Å². The van der Waals surface area contributed by atoms with Gasteiger partial charge in [-0.3, -0.25) is 9.89 Å². The first-order valence-corrected chi connectivity index (χ1v) is 9.42. The zero-order valence-corrected chi connectivity index (χ0v) is 15.8. The minimum absolute atomic E-state index is 0.179. The van der Waals surface area contributed by atoms with E-state index in [0.29, 0.717) is 33.3 Å². The molecule has 0 radical (unpaired) electrons. The van der Waals surface area contributed by atoms with E-state index in [0.717, 1.165) is 5.69 Å². The van der Waals surface area contributed by atoms with E-state index in [9.17, 15) is 4.79 Å². The molecular formula is C17H15Cl2N5OS. The Morgan fingerprint density at radius 3 is 2.65 bits per heavy atom. The van der Waals surface area contributed by atoms with Gasteiger partial charge in [-0.15, -0.1) is 5.10 Å². The van der Waals surface area contributed by atoms with Crippen LogP contribution in [0.1, 0.15) is 5.82 Å². The van der Waals surface area contributed by atoms with Crippen LogP contribution in [-0.4, -0.2) is 26.8 Å². The van der Waals surface area contributed by atoms with E-state index in [2.05, 4.69) is 25.8 Å². The van der Waals surface area contributed by atoms with E-state index in [1.165, 1.54) is 11.8 Å². The van der Waals surface area contributed by atoms with Crippen LogP contribution >= 0.6 is 35.0 Å². The fraction of sp³-hybridized carbons (Fsp3) is 0.118. The number of H-pyrrole nitrogens is 1. The number of hydrogen-bond acceptors (Lipinski definition) is 5. The van der Waals surface area contributed by atoms with Crippen LogP contribution in [0.5, 0.6) is 0 Å². The van der Waals surface area contributed by atoms with Crippen LogP contribution in [0.4, 0.5) is 11.4 Å². The molecule has 0 saturated carbocycles. The molecule has 6 nitrogen and oxygen atoms in total. The van der Waals surface area contributed by atoms with Crippen molar-refractivity contribution in [2.45, 2.75) is 11.7 Å². The molecule has 0 spiro atoms. The number of amides is 1. The number of halogens is 2. The van der Waals surface area contributed by atoms with Crippen molar-refractivity contribution in [2.75, 3.05) is 16.4 Å². The third-order valence-electron chi connectivity index (χ3n) is 3.28. The number of para-hydroxylation sites is 1. The smallest absolute Gasteiger partial charge is 0.234 e. The second-order valence-electron chi connectivity index (χ2n) is 5.25. The molecule has 1 heterocycles. The van der Waals surface area contributed by atoms with E-state index in [1.54, 1.807) is 18.2 Å². The lowest BCUT2D eigenvalue weighted by Gasteiger charge is -2.05. The van der Waals surface area contributed by atoms with Gasteiger partial charge in [-0.05, 0) is 30.3 Å². The minimum Gasteiger partial charge on any atom is -0.378 e. The van der Waals surface area contributed by atoms with Crippen molar-refractivity contribution in [3.8, 4) is 0 Å². The van der Waals surface area contributed by atoms with Gasteiger partial charge >= 0.3 is 0 Å². The largest absolute Gasteiger partial charge is 0.378 e. The average molecular weight is 408 g/mol. The first-order valence-electron chi connectivity index (χ1n) is 7.68. The Bertz CT molecular complexity index is 888. The zero-order valence-electron chi connectivity index (χ0n) is 13.5. The van der Waals surface area contributed by atoms with Crippen molar-refractivity contribution < 1.29 is 4.79 Å². The van der Waals surface area contributed by atoms with Gasteiger partial charge in [-0.25, -0.2) is 4.98 Å². The molecule has 2 aromatic carbocycles. The molecule has 1 aromatic heterocycles. The van der Waals surface area contributed by atoms with Gasteiger partial charge in [0.1, 0.15) is 5.82 Å². The van der Waals surface area contributed by atoms with Gasteiger partial charge in [-0.2, -0.15) is 0 Å². The Balaban J connectivity index is 1.46. The maximum Gasteiger partial charge on any atom is 0.234 e. The molecule has 3 N–H and O–H groups in total. The molecule has 0 saturated heterocycles. The number of hydrogen-bond donors (Lipinski definition) is 3. The molecule has 3 aromatic rings. The Morgan fingerprint density at radius 2 is 1.88 bits per heavy atom. The van der Waals surface area contributed by atoms with E-state index in [-0.39, 0.29) is 11.7 Å². The predicted octanol–water partition coefficient (Wildman–Crippen LogP) is 4.45. The Kier molecular flexibility index (Phi) is 6.38. The van der Waals surface area contributed by atoms with Crippen LogP contribution in [0.2, 0.25) is 10.0 Å². The number of aromatic amines is 1. The van der Waals surface area contributed by atoms with Crippen molar-refractivity contribution in [3.05, 3.63) is 64.4 Å². The standard InChI is InChI=1S/C17H15Cl2N5OS/c18-13-7-6-12(8-14(13)19)21-16(25)10-26-17-22-15(23-24-17)9-20-11-4-2-1-3-5-11/h1-8,20H,9-10H2,(H,21,25)(H,22,23,24). The van der Waals surface area contributed by atoms with Crippen LogP contribution < -0.4 is 10.6 Å². The molecular weight excluding hydrogens is 393 g/mol. The quantitative estimate of drug-likeness (QED) is 0.503. The monoisotopic (exact) mass is 407 g/mol. The van der Waals surface area contributed by atoms with Gasteiger partial charge in [-0.1, -0.05) is 53.2 Å². The van der Waals surface area contributed by atoms with Gasteiger partial charge < -0.3 is 10.6 Å². The topological polar surface area (TPSA) is 82.7 Å². The van der Waals surface area contributed by atoms with Gasteiger partial charge in [0, 0.05) is 11.4 Å². The lowest BCUT2D eigenvalue weighted by molar-refractivity contribution is -0.113. The summed E-state index contributed by atoms with van der Waals surface area (Å²) in [6, 6.07) is 14.7. The Hall–Kier alpha value is -2.22. The van der Waals surface area contributed by atoms with Gasteiger partial charge in [0.05, 0.1) is 22.3 Å². The molecule has 1 amide bonds. The van der Waals surface area contributed by atoms with Crippen LogP contribution in [0.15, 0.2) is 53.7 Å². The predicted molar refractivity (Wildman–Crippen MR) is 106 cm³/mol. The van der Waals surface area contributed by atoms with Crippen LogP contribution in [-0.2, 0) is 11.3 Å². The molecule has 0 aliphatic heterocycles. The molecule has 0 unspecified atom stereocenters. The van der Waals surface area contributed by atoms with Crippen LogP contribution in [0, 0.1) is 0 Å². The second kappa shape index (κ2) is 8.93. The Labute approximate surface area is 164 Å². The fourth-order valence-corrected chi connectivity index (χ4v) is 2.98. The third-order valence-corrected chi connectivity index (χ3v) is 4.87. The number of carbonyl (C=O) groups excluding carboxylic acids is 1. The summed E-state index contributed by atoms with van der Waals surface area (Å²) in [5.41, 5.74) is 1.59. The third kappa shape index (κ3) is 5.39. The number of anilines is 2. The van der Waals surface area contributed by atoms with E-state index in [4.69, 9.17) is 23.2 Å². The van der Waals surface area contributed by atoms with Crippen molar-refractivity contribution in [1.82, 2.24) is 15.2 Å². The molecule has 3 rings (SSSR count). The zero-order chi connectivity index (χ0) is 18.4. The normalized spacial score (nSPS) is 10.5. The average Bonchev–Trinajstić information content (AvgIpc) is 3.10. The lowest BCUT2D eigenvalue weighted by Crippen LogP contribution is -2.14. The first kappa shape index (κ1) is 18.6. The molecule has 0 aliphatic carbocycles. The van der Waals surface area contributed by atoms with Gasteiger partial charge in [0.15, 0.2) is 0 Å². The highest BCUT2D eigenvalue weighted by molar-refractivity contribution is 7.99. The number of nitrogens with one attached hydrogen (secondary N) is 3. The summed E-state index contributed by atoms with van der Waals surface area (Å²) in [6.45, 7) is 0.521. The summed E-state index contributed by atoms with van der Waals surface area (Å²) in [5.74, 6) is 0.701. The Morgan fingerprint density at radius 1 is 1.08 bits per heavy atom. The summed E-state index contributed by atoms with van der Waals surface area (Å²) < 4.78 is 0. The van der Waals surface area contributed by atoms with Crippen molar-refractivity contribution in [3.63, 3.8) is 0 Å². The maximum absolute atomic E-state index is 12.0. The number of thioether (sulfide) groups is 1. The maximum atomic E-state index is 12.0. The summed E-state index contributed by atoms with van der Waals surface area (Å²) in [4.78, 5) is 16.4. The van der Waals surface area contributed by atoms with Gasteiger partial charge in [0.25, 0.3) is 0 Å². The van der Waals surface area contributed by atoms with Crippen molar-refractivity contribution in [2.24, 2.45) is 0 Å². The molecule has 0 aliphatic rings. The lowest BCUT2D eigenvalue weighted by atomic mass is 10.3. The van der Waals surface area contributed by atoms with Crippen molar-refractivity contribution in [1.29, 1.82) is 0 Å². The van der Waals surface area contributed by atoms with E-state index >= 15 is 0 Å². The number of nitrogens with zero attached hydrogens (tertiary/aromatic N) is 2. The summed E-state index contributed by atoms with van der Waals surface area (Å²) >= 11 is 13.0. The highest BCUT2D eigenvalue weighted by atomic mass is 35.5. The highest BCUT2D eigenvalue weighted by Gasteiger charge is 2.09. The summed E-state index contributed by atoms with van der Waals surface area (Å²) in [7, 11) is 0. The number of benzene rings is 2. The van der Waals surface area contributed by atoms with Gasteiger partial charge in [0.2, 0.25) is 11.1 Å². The second-order valence-corrected chi connectivity index (χ2v) is 7.01. The molecule has 134 valence electrons. The van der Waals surface area contributed by atoms with Crippen LogP contribution in [0.25, 0.3) is 0 Å². The molecule has 9 heteroatoms. The highest BCUT2D eigenvalue weighted by Crippen LogP contribution is 2.25. The number of rotatable bonds is 7.